The number of pyridine rings is 1. The van der Waals surface area contributed by atoms with Gasteiger partial charge in [-0.15, -0.1) is 0 Å². The first kappa shape index (κ1) is 18.9. The SMILES string of the molecule is O=C(CC(c1ccc(F)cc1)c1c[nH]c2ccccc12)NCCc1ccccn1. The van der Waals surface area contributed by atoms with Crippen molar-refractivity contribution in [3.8, 4) is 0 Å². The average molecular weight is 387 g/mol. The number of carbonyl (C=O) groups is 1. The number of H-pyrrole nitrogens is 1. The van der Waals surface area contributed by atoms with E-state index in [2.05, 4.69) is 15.3 Å². The van der Waals surface area contributed by atoms with Crippen LogP contribution < -0.4 is 5.32 Å². The van der Waals surface area contributed by atoms with E-state index in [1.807, 2.05) is 48.7 Å². The van der Waals surface area contributed by atoms with Gasteiger partial charge in [0.1, 0.15) is 5.82 Å². The molecule has 0 fully saturated rings. The summed E-state index contributed by atoms with van der Waals surface area (Å²) in [6, 6.07) is 20.1. The zero-order valence-electron chi connectivity index (χ0n) is 15.9. The lowest BCUT2D eigenvalue weighted by Crippen LogP contribution is -2.27. The first-order chi connectivity index (χ1) is 14.2. The monoisotopic (exact) mass is 387 g/mol. The second kappa shape index (κ2) is 8.69. The molecule has 0 aliphatic carbocycles. The number of amides is 1. The number of halogens is 1. The first-order valence-corrected chi connectivity index (χ1v) is 9.69. The summed E-state index contributed by atoms with van der Waals surface area (Å²) in [5.41, 5.74) is 3.91. The summed E-state index contributed by atoms with van der Waals surface area (Å²) < 4.78 is 13.4. The van der Waals surface area contributed by atoms with Crippen LogP contribution in [0.4, 0.5) is 4.39 Å². The van der Waals surface area contributed by atoms with Gasteiger partial charge in [-0.25, -0.2) is 4.39 Å². The van der Waals surface area contributed by atoms with Crippen molar-refractivity contribution in [2.24, 2.45) is 0 Å². The number of para-hydroxylation sites is 1. The van der Waals surface area contributed by atoms with Crippen LogP contribution in [0.3, 0.4) is 0 Å². The molecule has 2 heterocycles. The zero-order chi connectivity index (χ0) is 20.1. The lowest BCUT2D eigenvalue weighted by Gasteiger charge is -2.17. The number of hydrogen-bond donors (Lipinski definition) is 2. The lowest BCUT2D eigenvalue weighted by atomic mass is 9.88. The van der Waals surface area contributed by atoms with Gasteiger partial charge in [-0.2, -0.15) is 0 Å². The Labute approximate surface area is 168 Å². The maximum atomic E-state index is 13.4. The van der Waals surface area contributed by atoms with Crippen LogP contribution in [0.1, 0.15) is 29.2 Å². The zero-order valence-corrected chi connectivity index (χ0v) is 15.9. The molecule has 4 nitrogen and oxygen atoms in total. The van der Waals surface area contributed by atoms with Crippen molar-refractivity contribution in [3.05, 3.63) is 102 Å². The number of nitrogens with zero attached hydrogens (tertiary/aromatic N) is 1. The Kier molecular flexibility index (Phi) is 5.66. The molecule has 4 aromatic rings. The standard InChI is InChI=1S/C24H22FN3O/c25-18-10-8-17(9-11-18)21(22-16-28-23-7-2-1-6-20(22)23)15-24(29)27-14-12-19-5-3-4-13-26-19/h1-11,13,16,21,28H,12,14-15H2,(H,27,29). The first-order valence-electron chi connectivity index (χ1n) is 9.69. The molecule has 1 unspecified atom stereocenters. The van der Waals surface area contributed by atoms with Crippen molar-refractivity contribution >= 4 is 16.8 Å². The smallest absolute Gasteiger partial charge is 0.220 e. The highest BCUT2D eigenvalue weighted by molar-refractivity contribution is 5.86. The molecule has 0 saturated carbocycles. The molecular weight excluding hydrogens is 365 g/mol. The van der Waals surface area contributed by atoms with Crippen molar-refractivity contribution in [3.63, 3.8) is 0 Å². The fraction of sp³-hybridized carbons (Fsp3) is 0.167. The van der Waals surface area contributed by atoms with Crippen molar-refractivity contribution in [1.82, 2.24) is 15.3 Å². The minimum atomic E-state index is -0.286. The van der Waals surface area contributed by atoms with Crippen LogP contribution in [0.25, 0.3) is 10.9 Å². The Morgan fingerprint density at radius 2 is 1.83 bits per heavy atom. The van der Waals surface area contributed by atoms with Crippen LogP contribution >= 0.6 is 0 Å². The van der Waals surface area contributed by atoms with E-state index >= 15 is 0 Å². The van der Waals surface area contributed by atoms with Gasteiger partial charge in [0.05, 0.1) is 0 Å². The maximum Gasteiger partial charge on any atom is 0.220 e. The highest BCUT2D eigenvalue weighted by Gasteiger charge is 2.21. The highest BCUT2D eigenvalue weighted by atomic mass is 19.1. The fourth-order valence-electron chi connectivity index (χ4n) is 3.62. The van der Waals surface area contributed by atoms with Crippen LogP contribution in [0, 0.1) is 5.82 Å². The number of aromatic nitrogens is 2. The molecule has 5 heteroatoms. The normalized spacial score (nSPS) is 12.0. The van der Waals surface area contributed by atoms with Crippen molar-refractivity contribution in [2.75, 3.05) is 6.54 Å². The van der Waals surface area contributed by atoms with E-state index in [1.165, 1.54) is 12.1 Å². The van der Waals surface area contributed by atoms with Crippen LogP contribution in [0.5, 0.6) is 0 Å². The van der Waals surface area contributed by atoms with Gasteiger partial charge in [0.2, 0.25) is 5.91 Å². The molecule has 2 aromatic carbocycles. The second-order valence-electron chi connectivity index (χ2n) is 7.02. The number of aromatic amines is 1. The van der Waals surface area contributed by atoms with Crippen LogP contribution in [-0.4, -0.2) is 22.4 Å². The highest BCUT2D eigenvalue weighted by Crippen LogP contribution is 2.33. The molecule has 0 saturated heterocycles. The van der Waals surface area contributed by atoms with Gasteiger partial charge in [-0.1, -0.05) is 36.4 Å². The van der Waals surface area contributed by atoms with E-state index in [0.717, 1.165) is 27.7 Å². The molecule has 1 amide bonds. The van der Waals surface area contributed by atoms with Gasteiger partial charge in [0.25, 0.3) is 0 Å². The number of fused-ring (bicyclic) bond motifs is 1. The Morgan fingerprint density at radius 1 is 1.03 bits per heavy atom. The predicted molar refractivity (Wildman–Crippen MR) is 112 cm³/mol. The number of carbonyl (C=O) groups excluding carboxylic acids is 1. The van der Waals surface area contributed by atoms with Crippen LogP contribution in [0.2, 0.25) is 0 Å². The molecule has 4 rings (SSSR count). The van der Waals surface area contributed by atoms with Gasteiger partial charge in [-0.05, 0) is 41.5 Å². The van der Waals surface area contributed by atoms with E-state index in [-0.39, 0.29) is 24.1 Å². The molecule has 0 radical (unpaired) electrons. The Hall–Kier alpha value is -3.47. The van der Waals surface area contributed by atoms with E-state index < -0.39 is 0 Å². The molecular formula is C24H22FN3O. The van der Waals surface area contributed by atoms with Crippen molar-refractivity contribution in [2.45, 2.75) is 18.8 Å². The van der Waals surface area contributed by atoms with Crippen LogP contribution in [-0.2, 0) is 11.2 Å². The van der Waals surface area contributed by atoms with E-state index in [4.69, 9.17) is 0 Å². The third kappa shape index (κ3) is 4.51. The molecule has 2 N–H and O–H groups in total. The lowest BCUT2D eigenvalue weighted by molar-refractivity contribution is -0.121. The molecule has 1 atom stereocenters. The maximum absolute atomic E-state index is 13.4. The number of benzene rings is 2. The molecule has 0 bridgehead atoms. The van der Waals surface area contributed by atoms with Crippen molar-refractivity contribution in [1.29, 1.82) is 0 Å². The molecule has 29 heavy (non-hydrogen) atoms. The van der Waals surface area contributed by atoms with Gasteiger partial charge in [0.15, 0.2) is 0 Å². The van der Waals surface area contributed by atoms with Gasteiger partial charge in [0, 0.05) is 54.3 Å². The summed E-state index contributed by atoms with van der Waals surface area (Å²) in [6.45, 7) is 0.528. The fourth-order valence-corrected chi connectivity index (χ4v) is 3.62. The second-order valence-corrected chi connectivity index (χ2v) is 7.02. The minimum Gasteiger partial charge on any atom is -0.361 e. The molecule has 0 spiro atoms. The largest absolute Gasteiger partial charge is 0.361 e. The number of rotatable bonds is 7. The van der Waals surface area contributed by atoms with Gasteiger partial charge >= 0.3 is 0 Å². The van der Waals surface area contributed by atoms with Gasteiger partial charge < -0.3 is 10.3 Å². The molecule has 2 aromatic heterocycles. The third-order valence-electron chi connectivity index (χ3n) is 5.09. The Morgan fingerprint density at radius 3 is 2.62 bits per heavy atom. The third-order valence-corrected chi connectivity index (χ3v) is 5.09. The summed E-state index contributed by atoms with van der Waals surface area (Å²) in [7, 11) is 0. The number of nitrogens with one attached hydrogen (secondary N) is 2. The summed E-state index contributed by atoms with van der Waals surface area (Å²) in [5, 5.41) is 4.06. The Balaban J connectivity index is 1.52. The summed E-state index contributed by atoms with van der Waals surface area (Å²) in [5.74, 6) is -0.492. The Bertz CT molecular complexity index is 1090. The summed E-state index contributed by atoms with van der Waals surface area (Å²) in [4.78, 5) is 20.2. The summed E-state index contributed by atoms with van der Waals surface area (Å²) in [6.07, 6.45) is 4.66. The number of hydrogen-bond acceptors (Lipinski definition) is 2. The molecule has 146 valence electrons. The minimum absolute atomic E-state index is 0.0412. The molecule has 0 aliphatic heterocycles. The van der Waals surface area contributed by atoms with Crippen molar-refractivity contribution < 1.29 is 9.18 Å². The van der Waals surface area contributed by atoms with Crippen LogP contribution in [0.15, 0.2) is 79.1 Å². The molecule has 0 aliphatic rings. The van der Waals surface area contributed by atoms with E-state index in [1.54, 1.807) is 18.3 Å². The predicted octanol–water partition coefficient (Wildman–Crippen LogP) is 4.58. The van der Waals surface area contributed by atoms with E-state index in [0.29, 0.717) is 13.0 Å². The summed E-state index contributed by atoms with van der Waals surface area (Å²) >= 11 is 0. The topological polar surface area (TPSA) is 57.8 Å². The quantitative estimate of drug-likeness (QED) is 0.488. The van der Waals surface area contributed by atoms with E-state index in [9.17, 15) is 9.18 Å². The van der Waals surface area contributed by atoms with Gasteiger partial charge in [-0.3, -0.25) is 9.78 Å². The average Bonchev–Trinajstić information content (AvgIpc) is 3.17.